The van der Waals surface area contributed by atoms with E-state index in [4.69, 9.17) is 28.8 Å². The lowest BCUT2D eigenvalue weighted by Gasteiger charge is -2.31. The summed E-state index contributed by atoms with van der Waals surface area (Å²) in [6.45, 7) is 8.42. The Kier molecular flexibility index (Phi) is 36.2. The third-order valence-corrected chi connectivity index (χ3v) is 19.5. The Hall–Kier alpha value is -11.3. The van der Waals surface area contributed by atoms with E-state index in [0.717, 1.165) is 10.8 Å². The summed E-state index contributed by atoms with van der Waals surface area (Å²) in [5.41, 5.74) is 19.7. The molecule has 12 atom stereocenters. The maximum Gasteiger partial charge on any atom is 0.245 e. The Labute approximate surface area is 678 Å². The summed E-state index contributed by atoms with van der Waals surface area (Å²) in [6, 6.07) is 17.9. The molecule has 13 amide bonds. The summed E-state index contributed by atoms with van der Waals surface area (Å²) >= 11 is 6.27. The number of halogens is 1. The number of pyridine rings is 1. The minimum atomic E-state index is -1.91. The number of nitrogens with zero attached hydrogens (tertiary/aromatic N) is 2. The lowest BCUT2D eigenvalue weighted by molar-refractivity contribution is -0.142. The predicted molar refractivity (Wildman–Crippen MR) is 435 cm³/mol. The number of nitrogens with two attached hydrogens (primary N) is 3. The fourth-order valence-corrected chi connectivity index (χ4v) is 13.0. The highest BCUT2D eigenvalue weighted by molar-refractivity contribution is 6.30. The predicted octanol–water partition coefficient (Wildman–Crippen LogP) is 0.00370. The first kappa shape index (κ1) is 91.8. The van der Waals surface area contributed by atoms with E-state index >= 15 is 9.59 Å². The van der Waals surface area contributed by atoms with Gasteiger partial charge in [0.25, 0.3) is 0 Å². The van der Waals surface area contributed by atoms with Gasteiger partial charge in [0.2, 0.25) is 76.8 Å². The number of carbonyl (C=O) groups is 13. The molecule has 7 rings (SSSR count). The Morgan fingerprint density at radius 2 is 0.922 bits per heavy atom. The fourth-order valence-electron chi connectivity index (χ4n) is 12.9. The van der Waals surface area contributed by atoms with Gasteiger partial charge >= 0.3 is 0 Å². The molecule has 1 aromatic heterocycles. The molecule has 33 nitrogen and oxygen atoms in total. The fraction of sp³-hybridized carbons (Fsp3) is 0.439. The van der Waals surface area contributed by atoms with Crippen molar-refractivity contribution in [2.45, 2.75) is 191 Å². The highest BCUT2D eigenvalue weighted by Crippen LogP contribution is 2.23. The van der Waals surface area contributed by atoms with Gasteiger partial charge in [0.15, 0.2) is 0 Å². The number of unbranched alkanes of at least 4 members (excludes halogenated alkanes) is 1. The third-order valence-electron chi connectivity index (χ3n) is 19.3. The number of aromatic nitrogens is 1. The summed E-state index contributed by atoms with van der Waals surface area (Å²) in [4.78, 5) is 189. The van der Waals surface area contributed by atoms with Crippen molar-refractivity contribution in [3.05, 3.63) is 173 Å². The molecule has 1 fully saturated rings. The summed E-state index contributed by atoms with van der Waals surface area (Å²) in [6.07, 6.45) is 3.43. The van der Waals surface area contributed by atoms with Gasteiger partial charge in [0.05, 0.1) is 19.8 Å². The summed E-state index contributed by atoms with van der Waals surface area (Å²) in [5.74, 6) is -11.0. The minimum absolute atomic E-state index is 0.00763. The molecule has 0 bridgehead atoms. The number of benzene rings is 5. The number of amides is 13. The van der Waals surface area contributed by atoms with Crippen LogP contribution in [-0.2, 0) is 94.4 Å². The average molecular weight is 1620 g/mol. The quantitative estimate of drug-likeness (QED) is 0.0224. The molecule has 0 radical (unpaired) electrons. The second-order valence-electron chi connectivity index (χ2n) is 29.6. The van der Waals surface area contributed by atoms with E-state index in [1.165, 1.54) is 79.7 Å². The van der Waals surface area contributed by atoms with Crippen molar-refractivity contribution in [3.8, 4) is 0 Å². The SMILES string of the molecule is CC(=O)N[C@H](Cc1ccc2ccccc2c1)C(=O)N[C@H](Cc1ccc(Cl)cc1)C(=O)N[C@H](Cc1cccnc1)C(=O)N[C@@H](CO)C(=O)N[C@@H](Cc1ccc(NC(=O)[C@H](N)CO)cc1)C(=O)N[C@H](Cc1ccc(NC(=O)[C@H](N)CO)cc1)C(=O)N[C@@H](CC(C)C)C(=O)N[C@@H](CCCCNC(C)C)C(=O)N1CCC[C@H]1C(=O)N[C@H](C)C(N)=O. The number of carbonyl (C=O) groups excluding carboxylic acids is 13. The van der Waals surface area contributed by atoms with Crippen molar-refractivity contribution in [3.63, 3.8) is 0 Å². The van der Waals surface area contributed by atoms with Crippen molar-refractivity contribution in [1.29, 1.82) is 0 Å². The second kappa shape index (κ2) is 45.7. The van der Waals surface area contributed by atoms with Crippen LogP contribution in [0.25, 0.3) is 10.8 Å². The first-order valence-electron chi connectivity index (χ1n) is 38.6. The van der Waals surface area contributed by atoms with Gasteiger partial charge in [0.1, 0.15) is 72.5 Å². The molecule has 624 valence electrons. The molecule has 0 saturated carbocycles. The molecule has 0 spiro atoms. The topological polar surface area (TPSA) is 521 Å². The molecule has 21 N–H and O–H groups in total. The first-order chi connectivity index (χ1) is 55.3. The standard InChI is InChI=1S/C82H108ClN17O16/c1-46(2)35-63(74(108)93-62(16-9-10-33-88-47(3)4)82(116)100-34-12-17-70(100)81(115)89-48(5)71(86)105)94-76(110)66(38-51-21-28-58(29-22-51)91-72(106)60(84)43-101)96-78(112)67(39-52-23-30-59(31-24-52)92-73(107)61(85)44-102)98-80(114)69(45-103)99-79(113)68(41-54-13-11-32-87-42-54)97-77(111)65(37-50-19-26-57(83)27-20-50)95-75(109)64(90-49(6)104)40-53-18-25-55-14-7-8-15-56(55)36-53/h7-8,11,13-15,18-32,36,42,46-48,60-70,88,101-103H,9-10,12,16-17,33-35,37-41,43-45,84-85H2,1-6H3,(H2,86,105)(H,89,115)(H,90,104)(H,91,106)(H,92,107)(H,93,108)(H,94,110)(H,95,109)(H,96,112)(H,97,111)(H,98,114)(H,99,113)/t48-,60-,61-,62+,63+,64-,65-,66-,67+,68-,69+,70+/m1/s1. The molecule has 5 aromatic carbocycles. The number of hydrogen-bond acceptors (Lipinski definition) is 20. The van der Waals surface area contributed by atoms with Crippen molar-refractivity contribution in [2.75, 3.05) is 43.5 Å². The molecule has 1 aliphatic rings. The van der Waals surface area contributed by atoms with Gasteiger partial charge < -0.3 is 101 Å². The number of nitrogens with one attached hydrogen (secondary N) is 12. The Balaban J connectivity index is 1.21. The van der Waals surface area contributed by atoms with Crippen molar-refractivity contribution >= 4 is 111 Å². The molecule has 2 heterocycles. The third kappa shape index (κ3) is 29.2. The first-order valence-corrected chi connectivity index (χ1v) is 39.0. The van der Waals surface area contributed by atoms with Crippen molar-refractivity contribution < 1.29 is 77.6 Å². The van der Waals surface area contributed by atoms with Crippen molar-refractivity contribution in [2.24, 2.45) is 23.1 Å². The molecule has 0 aliphatic carbocycles. The lowest BCUT2D eigenvalue weighted by atomic mass is 9.99. The Morgan fingerprint density at radius 1 is 0.483 bits per heavy atom. The van der Waals surface area contributed by atoms with Crippen LogP contribution in [0, 0.1) is 5.92 Å². The second-order valence-corrected chi connectivity index (χ2v) is 30.0. The largest absolute Gasteiger partial charge is 0.394 e. The van der Waals surface area contributed by atoms with Gasteiger partial charge in [-0.25, -0.2) is 0 Å². The van der Waals surface area contributed by atoms with E-state index in [1.807, 2.05) is 56.3 Å². The molecular formula is C82H108ClN17O16. The maximum absolute atomic E-state index is 15.4. The van der Waals surface area contributed by atoms with Crippen LogP contribution < -0.4 is 81.0 Å². The van der Waals surface area contributed by atoms with Crippen LogP contribution in [0.2, 0.25) is 5.02 Å². The summed E-state index contributed by atoms with van der Waals surface area (Å²) in [7, 11) is 0. The highest BCUT2D eigenvalue weighted by atomic mass is 35.5. The number of likely N-dealkylation sites (tertiary alicyclic amines) is 1. The number of fused-ring (bicyclic) bond motifs is 1. The molecule has 6 aromatic rings. The molecule has 1 saturated heterocycles. The zero-order valence-corrected chi connectivity index (χ0v) is 66.6. The Bertz CT molecular complexity index is 4350. The van der Waals surface area contributed by atoms with E-state index in [1.54, 1.807) is 50.2 Å². The molecular weight excluding hydrogens is 1510 g/mol. The maximum atomic E-state index is 15.4. The van der Waals surface area contributed by atoms with Crippen LogP contribution in [0.1, 0.15) is 108 Å². The average Bonchev–Trinajstić information content (AvgIpc) is 1.73. The normalized spacial score (nSPS) is 15.4. The van der Waals surface area contributed by atoms with E-state index < -0.39 is 176 Å². The zero-order valence-electron chi connectivity index (χ0n) is 65.8. The number of rotatable bonds is 44. The molecule has 1 aliphatic heterocycles. The molecule has 0 unspecified atom stereocenters. The van der Waals surface area contributed by atoms with Gasteiger partial charge in [-0.1, -0.05) is 124 Å². The van der Waals surface area contributed by atoms with E-state index in [-0.39, 0.29) is 74.8 Å². The van der Waals surface area contributed by atoms with Gasteiger partial charge in [0, 0.05) is 80.4 Å². The lowest BCUT2D eigenvalue weighted by Crippen LogP contribution is -2.62. The number of primary amides is 1. The summed E-state index contributed by atoms with van der Waals surface area (Å²) < 4.78 is 0. The summed E-state index contributed by atoms with van der Waals surface area (Å²) in [5, 5.41) is 65.2. The Morgan fingerprint density at radius 3 is 1.39 bits per heavy atom. The number of anilines is 2. The van der Waals surface area contributed by atoms with Crippen molar-refractivity contribution in [1.82, 2.24) is 63.1 Å². The van der Waals surface area contributed by atoms with E-state index in [9.17, 15) is 68.1 Å². The molecule has 34 heteroatoms. The van der Waals surface area contributed by atoms with Crippen LogP contribution in [0.5, 0.6) is 0 Å². The van der Waals surface area contributed by atoms with Crippen LogP contribution in [-0.4, -0.2) is 213 Å². The minimum Gasteiger partial charge on any atom is -0.394 e. The van der Waals surface area contributed by atoms with Crippen LogP contribution in [0.3, 0.4) is 0 Å². The van der Waals surface area contributed by atoms with E-state index in [2.05, 4.69) is 68.8 Å². The zero-order chi connectivity index (χ0) is 84.7. The van der Waals surface area contributed by atoms with Crippen LogP contribution in [0.4, 0.5) is 11.4 Å². The van der Waals surface area contributed by atoms with Gasteiger partial charge in [-0.2, -0.15) is 0 Å². The van der Waals surface area contributed by atoms with Crippen LogP contribution >= 0.6 is 11.6 Å². The molecule has 116 heavy (non-hydrogen) atoms. The van der Waals surface area contributed by atoms with Crippen LogP contribution in [0.15, 0.2) is 140 Å². The van der Waals surface area contributed by atoms with Gasteiger partial charge in [-0.3, -0.25) is 67.3 Å². The van der Waals surface area contributed by atoms with E-state index in [0.29, 0.717) is 58.6 Å². The number of hydrogen-bond donors (Lipinski definition) is 18. The number of aliphatic hydroxyl groups excluding tert-OH is 3. The van der Waals surface area contributed by atoms with Gasteiger partial charge in [-0.05, 0) is 139 Å². The monoisotopic (exact) mass is 1620 g/mol. The highest BCUT2D eigenvalue weighted by Gasteiger charge is 2.41. The van der Waals surface area contributed by atoms with Gasteiger partial charge in [-0.15, -0.1) is 0 Å². The smallest absolute Gasteiger partial charge is 0.245 e. The number of aliphatic hydroxyl groups is 3.